The second-order valence-electron chi connectivity index (χ2n) is 7.27. The number of halogens is 1. The molecule has 0 aliphatic carbocycles. The highest BCUT2D eigenvalue weighted by atomic mass is 35.5. The topological polar surface area (TPSA) is 35.5 Å². The van der Waals surface area contributed by atoms with Crippen molar-refractivity contribution in [3.05, 3.63) is 28.8 Å². The van der Waals surface area contributed by atoms with Crippen molar-refractivity contribution in [2.75, 3.05) is 6.61 Å². The average molecular weight is 397 g/mol. The summed E-state index contributed by atoms with van der Waals surface area (Å²) in [7, 11) is 0. The van der Waals surface area contributed by atoms with Crippen LogP contribution in [0.5, 0.6) is 5.75 Å². The first-order valence-corrected chi connectivity index (χ1v) is 11.1. The van der Waals surface area contributed by atoms with Crippen LogP contribution < -0.4 is 4.74 Å². The first kappa shape index (κ1) is 23.8. The summed E-state index contributed by atoms with van der Waals surface area (Å²) in [5.41, 5.74) is 0.920. The number of hydrogen-bond donors (Lipinski definition) is 0. The van der Waals surface area contributed by atoms with Crippen molar-refractivity contribution in [1.29, 1.82) is 0 Å². The highest BCUT2D eigenvalue weighted by molar-refractivity contribution is 6.30. The lowest BCUT2D eigenvalue weighted by atomic mass is 10.1. The van der Waals surface area contributed by atoms with Crippen molar-refractivity contribution in [3.63, 3.8) is 0 Å². The van der Waals surface area contributed by atoms with E-state index < -0.39 is 6.10 Å². The molecule has 1 unspecified atom stereocenters. The molecule has 0 aromatic heterocycles. The van der Waals surface area contributed by atoms with E-state index in [1.54, 1.807) is 12.1 Å². The Labute approximate surface area is 170 Å². The standard InChI is InChI=1S/C23H37ClO3/c1-4-6-7-8-9-10-11-12-13-14-17-26-23(25)21(5-2)27-22-16-15-20(24)18-19(22)3/h15-16,18,21H,4-14,17H2,1-3H3. The number of hydrogen-bond acceptors (Lipinski definition) is 3. The first-order valence-electron chi connectivity index (χ1n) is 10.7. The molecule has 1 atom stereocenters. The van der Waals surface area contributed by atoms with Gasteiger partial charge in [0.15, 0.2) is 6.10 Å². The number of benzene rings is 1. The van der Waals surface area contributed by atoms with Crippen LogP contribution in [0.25, 0.3) is 0 Å². The van der Waals surface area contributed by atoms with E-state index in [4.69, 9.17) is 21.1 Å². The third-order valence-electron chi connectivity index (χ3n) is 4.78. The number of rotatable bonds is 15. The number of ether oxygens (including phenoxy) is 2. The molecule has 154 valence electrons. The van der Waals surface area contributed by atoms with Gasteiger partial charge in [0.1, 0.15) is 5.75 Å². The Morgan fingerprint density at radius 3 is 2.11 bits per heavy atom. The van der Waals surface area contributed by atoms with E-state index in [1.165, 1.54) is 51.4 Å². The first-order chi connectivity index (χ1) is 13.1. The molecule has 3 nitrogen and oxygen atoms in total. The molecular weight excluding hydrogens is 360 g/mol. The zero-order chi connectivity index (χ0) is 19.9. The van der Waals surface area contributed by atoms with Gasteiger partial charge in [0.2, 0.25) is 0 Å². The Morgan fingerprint density at radius 2 is 1.56 bits per heavy atom. The highest BCUT2D eigenvalue weighted by Crippen LogP contribution is 2.23. The third kappa shape index (κ3) is 10.6. The summed E-state index contributed by atoms with van der Waals surface area (Å²) in [5.74, 6) is 0.407. The van der Waals surface area contributed by atoms with Crippen LogP contribution in [0.15, 0.2) is 18.2 Å². The van der Waals surface area contributed by atoms with Crippen molar-refractivity contribution in [3.8, 4) is 5.75 Å². The van der Waals surface area contributed by atoms with Gasteiger partial charge in [0.25, 0.3) is 0 Å². The molecule has 0 radical (unpaired) electrons. The zero-order valence-electron chi connectivity index (χ0n) is 17.4. The minimum Gasteiger partial charge on any atom is -0.478 e. The summed E-state index contributed by atoms with van der Waals surface area (Å²) in [4.78, 5) is 12.2. The summed E-state index contributed by atoms with van der Waals surface area (Å²) >= 11 is 5.96. The molecule has 1 rings (SSSR count). The lowest BCUT2D eigenvalue weighted by molar-refractivity contribution is -0.152. The van der Waals surface area contributed by atoms with Crippen LogP contribution in [0, 0.1) is 6.92 Å². The van der Waals surface area contributed by atoms with E-state index >= 15 is 0 Å². The van der Waals surface area contributed by atoms with Gasteiger partial charge in [-0.2, -0.15) is 0 Å². The predicted octanol–water partition coefficient (Wildman–Crippen LogP) is 7.27. The van der Waals surface area contributed by atoms with Crippen LogP contribution in [-0.4, -0.2) is 18.7 Å². The van der Waals surface area contributed by atoms with Crippen molar-refractivity contribution >= 4 is 17.6 Å². The van der Waals surface area contributed by atoms with Crippen LogP contribution in [0.4, 0.5) is 0 Å². The van der Waals surface area contributed by atoms with Crippen molar-refractivity contribution < 1.29 is 14.3 Å². The van der Waals surface area contributed by atoms with Gasteiger partial charge in [-0.25, -0.2) is 4.79 Å². The Balaban J connectivity index is 2.13. The molecule has 4 heteroatoms. The molecule has 0 heterocycles. The maximum absolute atomic E-state index is 12.2. The molecule has 27 heavy (non-hydrogen) atoms. The molecule has 0 saturated heterocycles. The van der Waals surface area contributed by atoms with Gasteiger partial charge in [-0.1, -0.05) is 83.2 Å². The average Bonchev–Trinajstić information content (AvgIpc) is 2.65. The fourth-order valence-electron chi connectivity index (χ4n) is 3.05. The molecule has 0 amide bonds. The van der Waals surface area contributed by atoms with Crippen LogP contribution >= 0.6 is 11.6 Å². The minimum absolute atomic E-state index is 0.275. The van der Waals surface area contributed by atoms with Gasteiger partial charge >= 0.3 is 5.97 Å². The maximum atomic E-state index is 12.2. The summed E-state index contributed by atoms with van der Waals surface area (Å²) in [6.07, 6.45) is 12.7. The lowest BCUT2D eigenvalue weighted by Crippen LogP contribution is -2.29. The second kappa shape index (κ2) is 14.8. The van der Waals surface area contributed by atoms with Gasteiger partial charge in [-0.3, -0.25) is 0 Å². The zero-order valence-corrected chi connectivity index (χ0v) is 18.2. The maximum Gasteiger partial charge on any atom is 0.347 e. The Kier molecular flexibility index (Phi) is 13.0. The normalized spacial score (nSPS) is 12.0. The second-order valence-corrected chi connectivity index (χ2v) is 7.71. The molecule has 1 aromatic rings. The predicted molar refractivity (Wildman–Crippen MR) is 114 cm³/mol. The number of aryl methyl sites for hydroxylation is 1. The Bertz CT molecular complexity index is 530. The van der Waals surface area contributed by atoms with Gasteiger partial charge < -0.3 is 9.47 Å². The molecule has 0 aliphatic heterocycles. The van der Waals surface area contributed by atoms with E-state index in [0.29, 0.717) is 23.8 Å². The van der Waals surface area contributed by atoms with Gasteiger partial charge in [-0.05, 0) is 43.5 Å². The third-order valence-corrected chi connectivity index (χ3v) is 5.02. The molecule has 0 saturated carbocycles. The van der Waals surface area contributed by atoms with Gasteiger partial charge in [0, 0.05) is 5.02 Å². The van der Waals surface area contributed by atoms with E-state index in [9.17, 15) is 4.79 Å². The largest absolute Gasteiger partial charge is 0.478 e. The van der Waals surface area contributed by atoms with E-state index in [0.717, 1.165) is 18.4 Å². The molecule has 0 bridgehead atoms. The van der Waals surface area contributed by atoms with E-state index in [2.05, 4.69) is 6.92 Å². The quantitative estimate of drug-likeness (QED) is 0.231. The Morgan fingerprint density at radius 1 is 0.963 bits per heavy atom. The SMILES string of the molecule is CCCCCCCCCCCCOC(=O)C(CC)Oc1ccc(Cl)cc1C. The van der Waals surface area contributed by atoms with Crippen molar-refractivity contribution in [2.24, 2.45) is 0 Å². The number of esters is 1. The van der Waals surface area contributed by atoms with Crippen LogP contribution in [0.3, 0.4) is 0 Å². The number of carbonyl (C=O) groups is 1. The lowest BCUT2D eigenvalue weighted by Gasteiger charge is -2.18. The van der Waals surface area contributed by atoms with Gasteiger partial charge in [0.05, 0.1) is 6.61 Å². The van der Waals surface area contributed by atoms with Crippen molar-refractivity contribution in [2.45, 2.75) is 97.5 Å². The molecule has 1 aromatic carbocycles. The molecule has 0 aliphatic rings. The number of unbranched alkanes of at least 4 members (excludes halogenated alkanes) is 9. The summed E-state index contributed by atoms with van der Waals surface area (Å²) in [5, 5.41) is 0.663. The van der Waals surface area contributed by atoms with Crippen LogP contribution in [0.1, 0.15) is 90.0 Å². The fraction of sp³-hybridized carbons (Fsp3) is 0.696. The molecule has 0 spiro atoms. The smallest absolute Gasteiger partial charge is 0.347 e. The Hall–Kier alpha value is -1.22. The fourth-order valence-corrected chi connectivity index (χ4v) is 3.28. The van der Waals surface area contributed by atoms with E-state index in [1.807, 2.05) is 19.9 Å². The van der Waals surface area contributed by atoms with Crippen LogP contribution in [0.2, 0.25) is 5.02 Å². The summed E-state index contributed by atoms with van der Waals surface area (Å²) < 4.78 is 11.2. The van der Waals surface area contributed by atoms with E-state index in [-0.39, 0.29) is 5.97 Å². The van der Waals surface area contributed by atoms with Crippen molar-refractivity contribution in [1.82, 2.24) is 0 Å². The molecular formula is C23H37ClO3. The number of carbonyl (C=O) groups excluding carboxylic acids is 1. The van der Waals surface area contributed by atoms with Crippen LogP contribution in [-0.2, 0) is 9.53 Å². The molecule has 0 fully saturated rings. The van der Waals surface area contributed by atoms with Gasteiger partial charge in [-0.15, -0.1) is 0 Å². The summed E-state index contributed by atoms with van der Waals surface area (Å²) in [6, 6.07) is 5.40. The minimum atomic E-state index is -0.562. The monoisotopic (exact) mass is 396 g/mol. The molecule has 0 N–H and O–H groups in total. The summed E-state index contributed by atoms with van der Waals surface area (Å²) in [6.45, 7) is 6.58. The highest BCUT2D eigenvalue weighted by Gasteiger charge is 2.20.